The SMILES string of the molecule is Cc1ccc(N2C(=O)c3ccccc3N[C@@]23C(=O)N(Cc2ccc(F)cc2)c2ccccc23)cc1. The summed E-state index contributed by atoms with van der Waals surface area (Å²) in [5, 5.41) is 3.45. The van der Waals surface area contributed by atoms with Gasteiger partial charge in [0.1, 0.15) is 5.82 Å². The van der Waals surface area contributed by atoms with Crippen LogP contribution in [0, 0.1) is 12.7 Å². The number of amides is 2. The first-order chi connectivity index (χ1) is 17.0. The number of nitrogens with one attached hydrogen (secondary N) is 1. The van der Waals surface area contributed by atoms with Crippen LogP contribution < -0.4 is 15.1 Å². The van der Waals surface area contributed by atoms with Crippen LogP contribution in [0.1, 0.15) is 27.0 Å². The summed E-state index contributed by atoms with van der Waals surface area (Å²) in [7, 11) is 0. The molecule has 0 saturated carbocycles. The van der Waals surface area contributed by atoms with Crippen molar-refractivity contribution in [2.45, 2.75) is 19.1 Å². The highest BCUT2D eigenvalue weighted by Gasteiger charge is 2.59. The predicted octanol–water partition coefficient (Wildman–Crippen LogP) is 5.61. The van der Waals surface area contributed by atoms with Crippen LogP contribution in [0.15, 0.2) is 97.1 Å². The minimum atomic E-state index is -1.46. The van der Waals surface area contributed by atoms with Crippen molar-refractivity contribution in [2.24, 2.45) is 0 Å². The van der Waals surface area contributed by atoms with Crippen LogP contribution in [0.2, 0.25) is 0 Å². The Hall–Kier alpha value is -4.45. The summed E-state index contributed by atoms with van der Waals surface area (Å²) >= 11 is 0. The molecule has 2 heterocycles. The van der Waals surface area contributed by atoms with E-state index in [9.17, 15) is 14.0 Å². The van der Waals surface area contributed by atoms with Gasteiger partial charge in [-0.25, -0.2) is 4.39 Å². The van der Waals surface area contributed by atoms with Crippen LogP contribution in [0.25, 0.3) is 0 Å². The van der Waals surface area contributed by atoms with Crippen LogP contribution in [0.5, 0.6) is 0 Å². The fourth-order valence-corrected chi connectivity index (χ4v) is 5.01. The van der Waals surface area contributed by atoms with Crippen LogP contribution >= 0.6 is 0 Å². The predicted molar refractivity (Wildman–Crippen MR) is 134 cm³/mol. The number of nitrogens with zero attached hydrogens (tertiary/aromatic N) is 2. The van der Waals surface area contributed by atoms with Gasteiger partial charge < -0.3 is 10.2 Å². The third-order valence-electron chi connectivity index (χ3n) is 6.70. The number of carbonyl (C=O) groups is 2. The number of rotatable bonds is 3. The maximum Gasteiger partial charge on any atom is 0.279 e. The van der Waals surface area contributed by atoms with Gasteiger partial charge in [-0.2, -0.15) is 0 Å². The molecule has 4 aromatic rings. The molecule has 0 fully saturated rings. The number of anilines is 3. The van der Waals surface area contributed by atoms with Gasteiger partial charge in [-0.15, -0.1) is 0 Å². The normalized spacial score (nSPS) is 18.5. The summed E-state index contributed by atoms with van der Waals surface area (Å²) in [5.74, 6) is -0.860. The van der Waals surface area contributed by atoms with E-state index in [1.165, 1.54) is 12.1 Å². The van der Waals surface area contributed by atoms with Crippen molar-refractivity contribution < 1.29 is 14.0 Å². The quantitative estimate of drug-likeness (QED) is 0.430. The van der Waals surface area contributed by atoms with E-state index in [-0.39, 0.29) is 24.2 Å². The lowest BCUT2D eigenvalue weighted by Crippen LogP contribution is -2.63. The van der Waals surface area contributed by atoms with Crippen LogP contribution in [0.3, 0.4) is 0 Å². The molecule has 2 aliphatic heterocycles. The molecule has 5 nitrogen and oxygen atoms in total. The number of aryl methyl sites for hydroxylation is 1. The van der Waals surface area contributed by atoms with Crippen LogP contribution in [0.4, 0.5) is 21.5 Å². The van der Waals surface area contributed by atoms with Crippen molar-refractivity contribution >= 4 is 28.9 Å². The second-order valence-electron chi connectivity index (χ2n) is 8.89. The largest absolute Gasteiger partial charge is 0.350 e. The molecule has 4 aromatic carbocycles. The van der Waals surface area contributed by atoms with E-state index in [2.05, 4.69) is 5.32 Å². The van der Waals surface area contributed by atoms with E-state index >= 15 is 0 Å². The van der Waals surface area contributed by atoms with Gasteiger partial charge in [0.05, 0.1) is 17.8 Å². The highest BCUT2D eigenvalue weighted by Crippen LogP contribution is 2.49. The Labute approximate surface area is 202 Å². The lowest BCUT2D eigenvalue weighted by molar-refractivity contribution is -0.122. The summed E-state index contributed by atoms with van der Waals surface area (Å²) in [6, 6.07) is 28.4. The Morgan fingerprint density at radius 1 is 0.829 bits per heavy atom. The van der Waals surface area contributed by atoms with E-state index in [0.717, 1.165) is 11.1 Å². The number of halogens is 1. The van der Waals surface area contributed by atoms with Gasteiger partial charge in [0, 0.05) is 16.9 Å². The Morgan fingerprint density at radius 2 is 1.51 bits per heavy atom. The highest BCUT2D eigenvalue weighted by atomic mass is 19.1. The first-order valence-electron chi connectivity index (χ1n) is 11.4. The second kappa shape index (κ2) is 7.81. The molecular weight excluding hydrogens is 441 g/mol. The van der Waals surface area contributed by atoms with Crippen molar-refractivity contribution in [1.29, 1.82) is 0 Å². The molecule has 6 rings (SSSR count). The number of benzene rings is 4. The van der Waals surface area contributed by atoms with Gasteiger partial charge in [-0.1, -0.05) is 60.2 Å². The van der Waals surface area contributed by atoms with Gasteiger partial charge in [0.2, 0.25) is 5.66 Å². The summed E-state index contributed by atoms with van der Waals surface area (Å²) in [5.41, 5.74) is 3.50. The molecule has 0 aliphatic carbocycles. The van der Waals surface area contributed by atoms with Crippen molar-refractivity contribution in [3.63, 3.8) is 0 Å². The van der Waals surface area contributed by atoms with Crippen molar-refractivity contribution in [3.05, 3.63) is 125 Å². The molecule has 2 aliphatic rings. The van der Waals surface area contributed by atoms with E-state index in [1.807, 2.05) is 73.7 Å². The minimum absolute atomic E-state index is 0.247. The molecule has 0 radical (unpaired) electrons. The first-order valence-corrected chi connectivity index (χ1v) is 11.4. The Balaban J connectivity index is 1.56. The molecule has 1 atom stereocenters. The zero-order chi connectivity index (χ0) is 24.2. The lowest BCUT2D eigenvalue weighted by atomic mass is 9.92. The molecular formula is C29H22FN3O2. The van der Waals surface area contributed by atoms with Gasteiger partial charge in [0.25, 0.3) is 11.8 Å². The summed E-state index contributed by atoms with van der Waals surface area (Å²) in [4.78, 5) is 31.6. The van der Waals surface area contributed by atoms with Crippen LogP contribution in [-0.2, 0) is 17.0 Å². The molecule has 1 spiro atoms. The maximum atomic E-state index is 14.4. The number of hydrogen-bond acceptors (Lipinski definition) is 3. The van der Waals surface area contributed by atoms with Gasteiger partial charge in [-0.05, 0) is 55.0 Å². The van der Waals surface area contributed by atoms with Gasteiger partial charge in [0.15, 0.2) is 0 Å². The zero-order valence-electron chi connectivity index (χ0n) is 19.0. The van der Waals surface area contributed by atoms with Crippen molar-refractivity contribution in [1.82, 2.24) is 0 Å². The molecule has 172 valence electrons. The van der Waals surface area contributed by atoms with E-state index in [1.54, 1.807) is 28.0 Å². The van der Waals surface area contributed by atoms with E-state index in [4.69, 9.17) is 0 Å². The number of carbonyl (C=O) groups excluding carboxylic acids is 2. The van der Waals surface area contributed by atoms with E-state index < -0.39 is 5.66 Å². The maximum absolute atomic E-state index is 14.4. The summed E-state index contributed by atoms with van der Waals surface area (Å²) in [6.45, 7) is 2.22. The average molecular weight is 464 g/mol. The topological polar surface area (TPSA) is 52.7 Å². The second-order valence-corrected chi connectivity index (χ2v) is 8.89. The summed E-state index contributed by atoms with van der Waals surface area (Å²) < 4.78 is 13.5. The molecule has 0 unspecified atom stereocenters. The molecule has 0 aromatic heterocycles. The molecule has 6 heteroatoms. The molecule has 1 N–H and O–H groups in total. The summed E-state index contributed by atoms with van der Waals surface area (Å²) in [6.07, 6.45) is 0. The molecule has 35 heavy (non-hydrogen) atoms. The average Bonchev–Trinajstić information content (AvgIpc) is 3.10. The Morgan fingerprint density at radius 3 is 2.29 bits per heavy atom. The minimum Gasteiger partial charge on any atom is -0.350 e. The van der Waals surface area contributed by atoms with E-state index in [0.29, 0.717) is 28.2 Å². The Bertz CT molecular complexity index is 1470. The lowest BCUT2D eigenvalue weighted by Gasteiger charge is -2.45. The molecule has 2 amide bonds. The highest BCUT2D eigenvalue weighted by molar-refractivity contribution is 6.22. The smallest absolute Gasteiger partial charge is 0.279 e. The monoisotopic (exact) mass is 463 g/mol. The molecule has 0 saturated heterocycles. The fraction of sp³-hybridized carbons (Fsp3) is 0.103. The third-order valence-corrected chi connectivity index (χ3v) is 6.70. The first kappa shape index (κ1) is 21.1. The number of para-hydroxylation sites is 2. The standard InChI is InChI=1S/C29H22FN3O2/c1-19-10-16-22(17-11-19)33-27(34)23-6-2-4-8-25(23)31-29(33)24-7-3-5-9-26(24)32(28(29)35)18-20-12-14-21(30)15-13-20/h2-17,31H,18H2,1H3/t29-/m1/s1. The number of fused-ring (bicyclic) bond motifs is 3. The van der Waals surface area contributed by atoms with Crippen molar-refractivity contribution in [3.8, 4) is 0 Å². The third kappa shape index (κ3) is 3.14. The van der Waals surface area contributed by atoms with Crippen LogP contribution in [-0.4, -0.2) is 11.8 Å². The Kier molecular flexibility index (Phi) is 4.71. The zero-order valence-corrected chi connectivity index (χ0v) is 19.0. The van der Waals surface area contributed by atoms with Gasteiger partial charge >= 0.3 is 0 Å². The fourth-order valence-electron chi connectivity index (χ4n) is 5.01. The number of hydrogen-bond donors (Lipinski definition) is 1. The van der Waals surface area contributed by atoms with Crippen molar-refractivity contribution in [2.75, 3.05) is 15.1 Å². The molecule has 0 bridgehead atoms. The van der Waals surface area contributed by atoms with Gasteiger partial charge in [-0.3, -0.25) is 14.5 Å².